The summed E-state index contributed by atoms with van der Waals surface area (Å²) in [6, 6.07) is 24.5. The average molecular weight is 391 g/mol. The Morgan fingerprint density at radius 3 is 2.29 bits per heavy atom. The van der Waals surface area contributed by atoms with E-state index >= 15 is 0 Å². The third-order valence-corrected chi connectivity index (χ3v) is 4.21. The fraction of sp³-hybridized carbons (Fsp3) is 0.0909. The number of nitrogens with one attached hydrogen (secondary N) is 3. The molecule has 142 valence electrons. The minimum atomic E-state index is -0.140. The van der Waals surface area contributed by atoms with Gasteiger partial charge in [-0.25, -0.2) is 0 Å². The van der Waals surface area contributed by atoms with Crippen molar-refractivity contribution in [3.63, 3.8) is 0 Å². The van der Waals surface area contributed by atoms with Crippen LogP contribution in [0.1, 0.15) is 15.9 Å². The molecule has 0 aliphatic carbocycles. The summed E-state index contributed by atoms with van der Waals surface area (Å²) in [6.45, 7) is 0.479. The summed E-state index contributed by atoms with van der Waals surface area (Å²) in [7, 11) is 1.62. The summed E-state index contributed by atoms with van der Waals surface area (Å²) < 4.78 is 5.20. The number of carbonyl (C=O) groups excluding carboxylic acids is 1. The van der Waals surface area contributed by atoms with Crippen LogP contribution in [-0.2, 0) is 6.54 Å². The number of benzene rings is 3. The number of ether oxygens (including phenoxy) is 1. The van der Waals surface area contributed by atoms with Crippen LogP contribution in [0, 0.1) is 0 Å². The molecule has 3 N–H and O–H groups in total. The minimum Gasteiger partial charge on any atom is -0.497 e. The van der Waals surface area contributed by atoms with Crippen molar-refractivity contribution < 1.29 is 9.53 Å². The maximum Gasteiger partial charge on any atom is 0.251 e. The fourth-order valence-electron chi connectivity index (χ4n) is 2.61. The van der Waals surface area contributed by atoms with Gasteiger partial charge in [-0.2, -0.15) is 0 Å². The first kappa shape index (κ1) is 19.4. The molecule has 0 aliphatic heterocycles. The molecule has 28 heavy (non-hydrogen) atoms. The Bertz CT molecular complexity index is 961. The Balaban J connectivity index is 1.59. The molecule has 0 fully saturated rings. The van der Waals surface area contributed by atoms with E-state index in [2.05, 4.69) is 16.0 Å². The highest BCUT2D eigenvalue weighted by Gasteiger charge is 2.07. The molecule has 3 aromatic rings. The SMILES string of the molecule is COc1cccc(NC(=S)Nc2cccc(C(=O)NCc3ccccc3)c2)c1. The summed E-state index contributed by atoms with van der Waals surface area (Å²) in [5.74, 6) is 0.601. The standard InChI is InChI=1S/C22H21N3O2S/c1-27-20-12-6-11-19(14-20)25-22(28)24-18-10-5-9-17(13-18)21(26)23-15-16-7-3-2-4-8-16/h2-14H,15H2,1H3,(H,23,26)(H2,24,25,28). The summed E-state index contributed by atoms with van der Waals surface area (Å²) >= 11 is 5.36. The second-order valence-electron chi connectivity index (χ2n) is 6.06. The largest absolute Gasteiger partial charge is 0.497 e. The molecule has 0 saturated heterocycles. The molecule has 1 amide bonds. The summed E-state index contributed by atoms with van der Waals surface area (Å²) in [6.07, 6.45) is 0. The number of methoxy groups -OCH3 is 1. The van der Waals surface area contributed by atoms with Crippen LogP contribution in [0.2, 0.25) is 0 Å². The van der Waals surface area contributed by atoms with Gasteiger partial charge in [0, 0.05) is 29.5 Å². The maximum atomic E-state index is 12.4. The fourth-order valence-corrected chi connectivity index (χ4v) is 2.85. The van der Waals surface area contributed by atoms with E-state index in [4.69, 9.17) is 17.0 Å². The zero-order valence-electron chi connectivity index (χ0n) is 15.4. The van der Waals surface area contributed by atoms with E-state index in [1.54, 1.807) is 19.2 Å². The zero-order chi connectivity index (χ0) is 19.8. The lowest BCUT2D eigenvalue weighted by molar-refractivity contribution is 0.0951. The molecular weight excluding hydrogens is 370 g/mol. The van der Waals surface area contributed by atoms with Gasteiger partial charge in [-0.1, -0.05) is 42.5 Å². The Labute approximate surface area is 169 Å². The lowest BCUT2D eigenvalue weighted by atomic mass is 10.1. The van der Waals surface area contributed by atoms with Crippen molar-refractivity contribution in [1.29, 1.82) is 0 Å². The Hall–Kier alpha value is -3.38. The van der Waals surface area contributed by atoms with Gasteiger partial charge in [0.25, 0.3) is 5.91 Å². The quantitative estimate of drug-likeness (QED) is 0.543. The summed E-state index contributed by atoms with van der Waals surface area (Å²) in [5.41, 5.74) is 3.15. The van der Waals surface area contributed by atoms with Gasteiger partial charge in [-0.3, -0.25) is 4.79 Å². The molecule has 0 bridgehead atoms. The van der Waals surface area contributed by atoms with Crippen molar-refractivity contribution in [3.8, 4) is 5.75 Å². The topological polar surface area (TPSA) is 62.4 Å². The lowest BCUT2D eigenvalue weighted by Gasteiger charge is -2.12. The normalized spacial score (nSPS) is 10.0. The molecule has 6 heteroatoms. The van der Waals surface area contributed by atoms with Crippen LogP contribution in [0.25, 0.3) is 0 Å². The zero-order valence-corrected chi connectivity index (χ0v) is 16.3. The molecule has 0 heterocycles. The van der Waals surface area contributed by atoms with Crippen LogP contribution in [0.4, 0.5) is 11.4 Å². The first-order valence-corrected chi connectivity index (χ1v) is 9.19. The molecule has 0 saturated carbocycles. The van der Waals surface area contributed by atoms with Crippen molar-refractivity contribution in [2.24, 2.45) is 0 Å². The van der Waals surface area contributed by atoms with Crippen LogP contribution >= 0.6 is 12.2 Å². The second-order valence-corrected chi connectivity index (χ2v) is 6.47. The van der Waals surface area contributed by atoms with E-state index < -0.39 is 0 Å². The molecule has 0 aliphatic rings. The Morgan fingerprint density at radius 2 is 1.57 bits per heavy atom. The van der Waals surface area contributed by atoms with E-state index in [0.29, 0.717) is 17.2 Å². The highest BCUT2D eigenvalue weighted by Crippen LogP contribution is 2.17. The third-order valence-electron chi connectivity index (χ3n) is 4.01. The van der Waals surface area contributed by atoms with Gasteiger partial charge in [0.05, 0.1) is 7.11 Å². The molecule has 0 atom stereocenters. The monoisotopic (exact) mass is 391 g/mol. The van der Waals surface area contributed by atoms with Crippen molar-refractivity contribution in [2.75, 3.05) is 17.7 Å². The maximum absolute atomic E-state index is 12.4. The molecule has 0 aromatic heterocycles. The average Bonchev–Trinajstić information content (AvgIpc) is 2.73. The van der Waals surface area contributed by atoms with Crippen LogP contribution in [0.15, 0.2) is 78.9 Å². The Kier molecular flexibility index (Phi) is 6.59. The lowest BCUT2D eigenvalue weighted by Crippen LogP contribution is -2.23. The van der Waals surface area contributed by atoms with Crippen molar-refractivity contribution in [1.82, 2.24) is 5.32 Å². The van der Waals surface area contributed by atoms with Gasteiger partial charge in [0.2, 0.25) is 0 Å². The Morgan fingerprint density at radius 1 is 0.893 bits per heavy atom. The van der Waals surface area contributed by atoms with E-state index in [9.17, 15) is 4.79 Å². The van der Waals surface area contributed by atoms with E-state index in [-0.39, 0.29) is 5.91 Å². The first-order chi connectivity index (χ1) is 13.6. The molecule has 3 aromatic carbocycles. The minimum absolute atomic E-state index is 0.140. The smallest absolute Gasteiger partial charge is 0.251 e. The number of amides is 1. The van der Waals surface area contributed by atoms with E-state index in [1.165, 1.54) is 0 Å². The van der Waals surface area contributed by atoms with Gasteiger partial charge in [-0.15, -0.1) is 0 Å². The number of rotatable bonds is 6. The molecule has 0 unspecified atom stereocenters. The highest BCUT2D eigenvalue weighted by atomic mass is 32.1. The number of hydrogen-bond donors (Lipinski definition) is 3. The van der Waals surface area contributed by atoms with Gasteiger partial charge in [0.15, 0.2) is 5.11 Å². The van der Waals surface area contributed by atoms with Gasteiger partial charge < -0.3 is 20.7 Å². The van der Waals surface area contributed by atoms with Gasteiger partial charge in [0.1, 0.15) is 5.75 Å². The summed E-state index contributed by atoms with van der Waals surface area (Å²) in [5, 5.41) is 9.54. The van der Waals surface area contributed by atoms with E-state index in [0.717, 1.165) is 22.7 Å². The van der Waals surface area contributed by atoms with E-state index in [1.807, 2.05) is 66.7 Å². The molecule has 3 rings (SSSR count). The molecular formula is C22H21N3O2S. The molecule has 0 radical (unpaired) electrons. The predicted molar refractivity (Wildman–Crippen MR) is 117 cm³/mol. The number of anilines is 2. The molecule has 5 nitrogen and oxygen atoms in total. The predicted octanol–water partition coefficient (Wildman–Crippen LogP) is 4.43. The number of carbonyl (C=O) groups is 1. The van der Waals surface area contributed by atoms with Gasteiger partial charge >= 0.3 is 0 Å². The van der Waals surface area contributed by atoms with Crippen LogP contribution in [-0.4, -0.2) is 18.1 Å². The van der Waals surface area contributed by atoms with Crippen molar-refractivity contribution >= 4 is 34.6 Å². The number of thiocarbonyl (C=S) groups is 1. The first-order valence-electron chi connectivity index (χ1n) is 8.78. The second kappa shape index (κ2) is 9.53. The number of hydrogen-bond acceptors (Lipinski definition) is 3. The van der Waals surface area contributed by atoms with Crippen LogP contribution in [0.3, 0.4) is 0 Å². The van der Waals surface area contributed by atoms with Crippen molar-refractivity contribution in [2.45, 2.75) is 6.54 Å². The van der Waals surface area contributed by atoms with Crippen molar-refractivity contribution in [3.05, 3.63) is 90.0 Å². The van der Waals surface area contributed by atoms with Crippen LogP contribution < -0.4 is 20.7 Å². The summed E-state index contributed by atoms with van der Waals surface area (Å²) in [4.78, 5) is 12.4. The van der Waals surface area contributed by atoms with Crippen LogP contribution in [0.5, 0.6) is 5.75 Å². The molecule has 0 spiro atoms. The highest BCUT2D eigenvalue weighted by molar-refractivity contribution is 7.80. The third kappa shape index (κ3) is 5.56. The van der Waals surface area contributed by atoms with Gasteiger partial charge in [-0.05, 0) is 48.1 Å².